The van der Waals surface area contributed by atoms with Crippen LogP contribution < -0.4 is 11.1 Å². The van der Waals surface area contributed by atoms with Gasteiger partial charge in [-0.05, 0) is 31.2 Å². The van der Waals surface area contributed by atoms with E-state index in [2.05, 4.69) is 10.5 Å². The van der Waals surface area contributed by atoms with Gasteiger partial charge in [0, 0.05) is 4.88 Å². The van der Waals surface area contributed by atoms with Crippen LogP contribution in [0.25, 0.3) is 10.6 Å². The third kappa shape index (κ3) is 2.68. The lowest BCUT2D eigenvalue weighted by atomic mass is 10.2. The van der Waals surface area contributed by atoms with Crippen LogP contribution in [0, 0.1) is 6.92 Å². The van der Waals surface area contributed by atoms with E-state index >= 15 is 0 Å². The Hall–Kier alpha value is -2.54. The number of carbonyl (C=O) groups excluding carboxylic acids is 1. The second-order valence-electron chi connectivity index (χ2n) is 4.44. The number of hydrogen-bond donors (Lipinski definition) is 2. The average Bonchev–Trinajstić information content (AvgIpc) is 3.17. The van der Waals surface area contributed by atoms with Gasteiger partial charge in [0.1, 0.15) is 17.0 Å². The van der Waals surface area contributed by atoms with Gasteiger partial charge in [-0.2, -0.15) is 0 Å². The SMILES string of the molecule is Cc1ccc(-c2noc(N)c2C(=O)NCc2ccco2)s1. The average molecular weight is 303 g/mol. The Morgan fingerprint density at radius 3 is 2.95 bits per heavy atom. The molecule has 0 aliphatic carbocycles. The van der Waals surface area contributed by atoms with Crippen LogP contribution in [0.15, 0.2) is 39.5 Å². The van der Waals surface area contributed by atoms with Gasteiger partial charge in [-0.25, -0.2) is 0 Å². The quantitative estimate of drug-likeness (QED) is 0.773. The number of thiophene rings is 1. The topological polar surface area (TPSA) is 94.3 Å². The molecule has 21 heavy (non-hydrogen) atoms. The van der Waals surface area contributed by atoms with E-state index in [4.69, 9.17) is 14.7 Å². The molecule has 3 heterocycles. The van der Waals surface area contributed by atoms with E-state index in [0.717, 1.165) is 9.75 Å². The highest BCUT2D eigenvalue weighted by molar-refractivity contribution is 7.15. The number of nitrogens with zero attached hydrogens (tertiary/aromatic N) is 1. The van der Waals surface area contributed by atoms with Crippen molar-refractivity contribution in [1.29, 1.82) is 0 Å². The smallest absolute Gasteiger partial charge is 0.259 e. The molecule has 0 bridgehead atoms. The summed E-state index contributed by atoms with van der Waals surface area (Å²) in [6.45, 7) is 2.26. The van der Waals surface area contributed by atoms with Gasteiger partial charge < -0.3 is 20.0 Å². The summed E-state index contributed by atoms with van der Waals surface area (Å²) in [6, 6.07) is 7.38. The zero-order valence-corrected chi connectivity index (χ0v) is 12.1. The van der Waals surface area contributed by atoms with Gasteiger partial charge in [-0.15, -0.1) is 11.3 Å². The first-order valence-corrected chi connectivity index (χ1v) is 7.09. The van der Waals surface area contributed by atoms with Crippen molar-refractivity contribution in [1.82, 2.24) is 10.5 Å². The number of furan rings is 1. The molecular weight excluding hydrogens is 290 g/mol. The summed E-state index contributed by atoms with van der Waals surface area (Å²) in [5.74, 6) is 0.325. The molecule has 0 saturated carbocycles. The minimum atomic E-state index is -0.341. The number of nitrogens with one attached hydrogen (secondary N) is 1. The number of amides is 1. The van der Waals surface area contributed by atoms with Crippen LogP contribution in [0.3, 0.4) is 0 Å². The van der Waals surface area contributed by atoms with Gasteiger partial charge in [0.05, 0.1) is 17.7 Å². The van der Waals surface area contributed by atoms with Crippen molar-refractivity contribution >= 4 is 23.1 Å². The number of rotatable bonds is 4. The monoisotopic (exact) mass is 303 g/mol. The van der Waals surface area contributed by atoms with Gasteiger partial charge in [-0.3, -0.25) is 4.79 Å². The predicted octanol–water partition coefficient (Wildman–Crippen LogP) is 2.82. The normalized spacial score (nSPS) is 10.7. The number of nitrogen functional groups attached to an aromatic ring is 1. The van der Waals surface area contributed by atoms with E-state index in [1.807, 2.05) is 19.1 Å². The van der Waals surface area contributed by atoms with Crippen molar-refractivity contribution < 1.29 is 13.7 Å². The van der Waals surface area contributed by atoms with Crippen LogP contribution in [0.5, 0.6) is 0 Å². The van der Waals surface area contributed by atoms with Crippen molar-refractivity contribution in [3.05, 3.63) is 46.7 Å². The van der Waals surface area contributed by atoms with Crippen molar-refractivity contribution in [2.24, 2.45) is 0 Å². The number of aryl methyl sites for hydroxylation is 1. The van der Waals surface area contributed by atoms with Gasteiger partial charge in [0.25, 0.3) is 5.91 Å². The molecule has 3 rings (SSSR count). The maximum Gasteiger partial charge on any atom is 0.259 e. The maximum absolute atomic E-state index is 12.3. The lowest BCUT2D eigenvalue weighted by molar-refractivity contribution is 0.0949. The molecule has 0 saturated heterocycles. The molecule has 1 amide bonds. The molecular formula is C14H13N3O3S. The van der Waals surface area contributed by atoms with E-state index in [1.165, 1.54) is 11.3 Å². The number of carbonyl (C=O) groups is 1. The van der Waals surface area contributed by atoms with Gasteiger partial charge in [-0.1, -0.05) is 5.16 Å². The molecule has 3 aromatic rings. The van der Waals surface area contributed by atoms with Crippen LogP contribution in [0.2, 0.25) is 0 Å². The van der Waals surface area contributed by atoms with E-state index in [-0.39, 0.29) is 23.9 Å². The molecule has 3 N–H and O–H groups in total. The molecule has 0 spiro atoms. The van der Waals surface area contributed by atoms with Crippen molar-refractivity contribution in [2.75, 3.05) is 5.73 Å². The standard InChI is InChI=1S/C14H13N3O3S/c1-8-4-5-10(21-8)12-11(13(15)20-17-12)14(18)16-7-9-3-2-6-19-9/h2-6H,7,15H2,1H3,(H,16,18). The molecule has 3 aromatic heterocycles. The van der Waals surface area contributed by atoms with Crippen LogP contribution >= 0.6 is 11.3 Å². The fourth-order valence-electron chi connectivity index (χ4n) is 1.92. The molecule has 0 aliphatic rings. The van der Waals surface area contributed by atoms with Crippen molar-refractivity contribution in [2.45, 2.75) is 13.5 Å². The molecule has 108 valence electrons. The Labute approximate surface area is 124 Å². The predicted molar refractivity (Wildman–Crippen MR) is 78.8 cm³/mol. The third-order valence-electron chi connectivity index (χ3n) is 2.92. The molecule has 0 aromatic carbocycles. The van der Waals surface area contributed by atoms with Gasteiger partial charge in [0.2, 0.25) is 5.88 Å². The maximum atomic E-state index is 12.3. The Balaban J connectivity index is 1.84. The highest BCUT2D eigenvalue weighted by Crippen LogP contribution is 2.32. The van der Waals surface area contributed by atoms with Crippen molar-refractivity contribution in [3.8, 4) is 10.6 Å². The van der Waals surface area contributed by atoms with E-state index in [9.17, 15) is 4.79 Å². The highest BCUT2D eigenvalue weighted by Gasteiger charge is 2.23. The first-order valence-electron chi connectivity index (χ1n) is 6.27. The molecule has 7 heteroatoms. The summed E-state index contributed by atoms with van der Waals surface area (Å²) < 4.78 is 10.1. The lowest BCUT2D eigenvalue weighted by Gasteiger charge is -2.02. The third-order valence-corrected chi connectivity index (χ3v) is 3.93. The zero-order chi connectivity index (χ0) is 14.8. The van der Waals surface area contributed by atoms with Crippen LogP contribution in [-0.4, -0.2) is 11.1 Å². The van der Waals surface area contributed by atoms with Gasteiger partial charge >= 0.3 is 0 Å². The summed E-state index contributed by atoms with van der Waals surface area (Å²) >= 11 is 1.53. The first kappa shape index (κ1) is 13.4. The Bertz CT molecular complexity index is 758. The summed E-state index contributed by atoms with van der Waals surface area (Å²) in [5, 5.41) is 6.63. The fraction of sp³-hybridized carbons (Fsp3) is 0.143. The summed E-state index contributed by atoms with van der Waals surface area (Å²) in [6.07, 6.45) is 1.55. The molecule has 0 radical (unpaired) electrons. The van der Waals surface area contributed by atoms with E-state index in [1.54, 1.807) is 18.4 Å². The largest absolute Gasteiger partial charge is 0.467 e. The van der Waals surface area contributed by atoms with E-state index in [0.29, 0.717) is 11.5 Å². The van der Waals surface area contributed by atoms with E-state index < -0.39 is 0 Å². The van der Waals surface area contributed by atoms with Crippen LogP contribution in [-0.2, 0) is 6.54 Å². The molecule has 6 nitrogen and oxygen atoms in total. The molecule has 0 atom stereocenters. The summed E-state index contributed by atoms with van der Waals surface area (Å²) in [4.78, 5) is 14.3. The van der Waals surface area contributed by atoms with Gasteiger partial charge in [0.15, 0.2) is 0 Å². The second kappa shape index (κ2) is 5.45. The van der Waals surface area contributed by atoms with Crippen LogP contribution in [0.1, 0.15) is 21.0 Å². The lowest BCUT2D eigenvalue weighted by Crippen LogP contribution is -2.23. The Kier molecular flexibility index (Phi) is 3.49. The number of hydrogen-bond acceptors (Lipinski definition) is 6. The zero-order valence-electron chi connectivity index (χ0n) is 11.3. The van der Waals surface area contributed by atoms with Crippen molar-refractivity contribution in [3.63, 3.8) is 0 Å². The summed E-state index contributed by atoms with van der Waals surface area (Å²) in [5.41, 5.74) is 6.44. The number of nitrogens with two attached hydrogens (primary N) is 1. The second-order valence-corrected chi connectivity index (χ2v) is 5.73. The minimum Gasteiger partial charge on any atom is -0.467 e. The number of aromatic nitrogens is 1. The number of anilines is 1. The minimum absolute atomic E-state index is 0.00741. The Morgan fingerprint density at radius 2 is 2.29 bits per heavy atom. The summed E-state index contributed by atoms with van der Waals surface area (Å²) in [7, 11) is 0. The first-order chi connectivity index (χ1) is 10.1. The molecule has 0 aliphatic heterocycles. The Morgan fingerprint density at radius 1 is 1.43 bits per heavy atom. The fourth-order valence-corrected chi connectivity index (χ4v) is 2.78. The molecule has 0 unspecified atom stereocenters. The van der Waals surface area contributed by atoms with Crippen LogP contribution in [0.4, 0.5) is 5.88 Å². The molecule has 0 fully saturated rings. The highest BCUT2D eigenvalue weighted by atomic mass is 32.1.